The summed E-state index contributed by atoms with van der Waals surface area (Å²) in [7, 11) is 2.05. The number of urea groups is 1. The summed E-state index contributed by atoms with van der Waals surface area (Å²) < 4.78 is 0. The first-order valence-corrected chi connectivity index (χ1v) is 8.71. The van der Waals surface area contributed by atoms with Crippen molar-refractivity contribution in [3.05, 3.63) is 60.2 Å². The average Bonchev–Trinajstić information content (AvgIpc) is 3.12. The van der Waals surface area contributed by atoms with Gasteiger partial charge in [-0.05, 0) is 42.7 Å². The van der Waals surface area contributed by atoms with E-state index in [9.17, 15) is 9.90 Å². The van der Waals surface area contributed by atoms with Crippen LogP contribution in [0.2, 0.25) is 0 Å². The lowest BCUT2D eigenvalue weighted by Gasteiger charge is -2.24. The van der Waals surface area contributed by atoms with Crippen molar-refractivity contribution in [2.75, 3.05) is 30.4 Å². The Hall–Kier alpha value is -2.53. The van der Waals surface area contributed by atoms with Gasteiger partial charge in [-0.2, -0.15) is 0 Å². The van der Waals surface area contributed by atoms with E-state index in [1.807, 2.05) is 42.5 Å². The lowest BCUT2D eigenvalue weighted by atomic mass is 10.2. The molecule has 0 spiro atoms. The Labute approximate surface area is 148 Å². The minimum Gasteiger partial charge on any atom is -0.394 e. The molecule has 1 heterocycles. The SMILES string of the molecule is CN(Cc1ccccc1)c1ccc(NC(=O)N2CCC[C@H]2CO)cc1. The first-order chi connectivity index (χ1) is 12.2. The predicted molar refractivity (Wildman–Crippen MR) is 101 cm³/mol. The third-order valence-corrected chi connectivity index (χ3v) is 4.67. The van der Waals surface area contributed by atoms with Crippen LogP contribution >= 0.6 is 0 Å². The summed E-state index contributed by atoms with van der Waals surface area (Å²) >= 11 is 0. The van der Waals surface area contributed by atoms with Gasteiger partial charge in [-0.3, -0.25) is 0 Å². The number of amides is 2. The van der Waals surface area contributed by atoms with Gasteiger partial charge in [0.15, 0.2) is 0 Å². The zero-order valence-electron chi connectivity index (χ0n) is 14.6. The largest absolute Gasteiger partial charge is 0.394 e. The molecule has 2 aromatic carbocycles. The van der Waals surface area contributed by atoms with Gasteiger partial charge in [0.1, 0.15) is 0 Å². The monoisotopic (exact) mass is 339 g/mol. The molecule has 1 saturated heterocycles. The number of aliphatic hydroxyl groups is 1. The highest BCUT2D eigenvalue weighted by atomic mass is 16.3. The molecular weight excluding hydrogens is 314 g/mol. The maximum Gasteiger partial charge on any atom is 0.322 e. The molecule has 0 saturated carbocycles. The van der Waals surface area contributed by atoms with E-state index in [1.165, 1.54) is 5.56 Å². The Kier molecular flexibility index (Phi) is 5.56. The highest BCUT2D eigenvalue weighted by Crippen LogP contribution is 2.21. The second kappa shape index (κ2) is 8.03. The summed E-state index contributed by atoms with van der Waals surface area (Å²) in [6.45, 7) is 1.56. The molecule has 2 N–H and O–H groups in total. The minimum absolute atomic E-state index is 0.0244. The van der Waals surface area contributed by atoms with E-state index in [1.54, 1.807) is 4.90 Å². The average molecular weight is 339 g/mol. The quantitative estimate of drug-likeness (QED) is 0.879. The summed E-state index contributed by atoms with van der Waals surface area (Å²) in [5, 5.41) is 12.3. The standard InChI is InChI=1S/C20H25N3O2/c1-22(14-16-6-3-2-4-7-16)18-11-9-17(10-12-18)21-20(25)23-13-5-8-19(23)15-24/h2-4,6-7,9-12,19,24H,5,8,13-15H2,1H3,(H,21,25)/t19-/m0/s1. The van der Waals surface area contributed by atoms with Crippen LogP contribution in [0.25, 0.3) is 0 Å². The van der Waals surface area contributed by atoms with Crippen molar-refractivity contribution < 1.29 is 9.90 Å². The number of benzene rings is 2. The van der Waals surface area contributed by atoms with Crippen LogP contribution in [-0.4, -0.2) is 42.3 Å². The number of rotatable bonds is 5. The maximum absolute atomic E-state index is 12.3. The fourth-order valence-electron chi connectivity index (χ4n) is 3.24. The van der Waals surface area contributed by atoms with Gasteiger partial charge in [0, 0.05) is 31.5 Å². The fourth-order valence-corrected chi connectivity index (χ4v) is 3.24. The van der Waals surface area contributed by atoms with E-state index in [-0.39, 0.29) is 18.7 Å². The van der Waals surface area contributed by atoms with Gasteiger partial charge >= 0.3 is 6.03 Å². The van der Waals surface area contributed by atoms with Gasteiger partial charge in [0.25, 0.3) is 0 Å². The van der Waals surface area contributed by atoms with Crippen LogP contribution < -0.4 is 10.2 Å². The molecule has 2 aromatic rings. The molecule has 1 atom stereocenters. The lowest BCUT2D eigenvalue weighted by molar-refractivity contribution is 0.166. The number of nitrogens with zero attached hydrogens (tertiary/aromatic N) is 2. The zero-order chi connectivity index (χ0) is 17.6. The number of anilines is 2. The Morgan fingerprint density at radius 2 is 1.92 bits per heavy atom. The molecule has 0 aliphatic carbocycles. The molecule has 25 heavy (non-hydrogen) atoms. The van der Waals surface area contributed by atoms with Crippen LogP contribution in [0.1, 0.15) is 18.4 Å². The number of aliphatic hydroxyl groups excluding tert-OH is 1. The third-order valence-electron chi connectivity index (χ3n) is 4.67. The van der Waals surface area contributed by atoms with Gasteiger partial charge in [-0.15, -0.1) is 0 Å². The first-order valence-electron chi connectivity index (χ1n) is 8.71. The normalized spacial score (nSPS) is 16.7. The number of carbonyl (C=O) groups is 1. The summed E-state index contributed by atoms with van der Waals surface area (Å²) in [5.74, 6) is 0. The highest BCUT2D eigenvalue weighted by molar-refractivity contribution is 5.90. The molecule has 0 radical (unpaired) electrons. The second-order valence-electron chi connectivity index (χ2n) is 6.49. The Balaban J connectivity index is 1.59. The molecule has 1 aliphatic rings. The molecule has 0 unspecified atom stereocenters. The summed E-state index contributed by atoms with van der Waals surface area (Å²) in [4.78, 5) is 16.2. The predicted octanol–water partition coefficient (Wildman–Crippen LogP) is 3.31. The van der Waals surface area contributed by atoms with E-state index < -0.39 is 0 Å². The van der Waals surface area contributed by atoms with Crippen molar-refractivity contribution in [3.63, 3.8) is 0 Å². The van der Waals surface area contributed by atoms with Crippen molar-refractivity contribution >= 4 is 17.4 Å². The molecule has 0 aromatic heterocycles. The molecule has 0 bridgehead atoms. The number of carbonyl (C=O) groups excluding carboxylic acids is 1. The first kappa shape index (κ1) is 17.3. The summed E-state index contributed by atoms with van der Waals surface area (Å²) in [6.07, 6.45) is 1.81. The van der Waals surface area contributed by atoms with Gasteiger partial charge < -0.3 is 20.2 Å². The highest BCUT2D eigenvalue weighted by Gasteiger charge is 2.27. The van der Waals surface area contributed by atoms with Crippen molar-refractivity contribution in [2.45, 2.75) is 25.4 Å². The van der Waals surface area contributed by atoms with Gasteiger partial charge in [0.05, 0.1) is 12.6 Å². The van der Waals surface area contributed by atoms with E-state index in [0.717, 1.165) is 30.8 Å². The number of likely N-dealkylation sites (tertiary alicyclic amines) is 1. The molecule has 1 aliphatic heterocycles. The molecule has 2 amide bonds. The minimum atomic E-state index is -0.137. The van der Waals surface area contributed by atoms with Crippen LogP contribution in [0.15, 0.2) is 54.6 Å². The topological polar surface area (TPSA) is 55.8 Å². The van der Waals surface area contributed by atoms with E-state index in [0.29, 0.717) is 6.54 Å². The van der Waals surface area contributed by atoms with Gasteiger partial charge in [0.2, 0.25) is 0 Å². The van der Waals surface area contributed by atoms with Crippen molar-refractivity contribution in [2.24, 2.45) is 0 Å². The summed E-state index contributed by atoms with van der Waals surface area (Å²) in [5.41, 5.74) is 3.12. The zero-order valence-corrected chi connectivity index (χ0v) is 14.6. The Morgan fingerprint density at radius 3 is 2.60 bits per heavy atom. The van der Waals surface area contributed by atoms with Crippen LogP contribution in [0.3, 0.4) is 0 Å². The van der Waals surface area contributed by atoms with E-state index in [2.05, 4.69) is 29.4 Å². The maximum atomic E-state index is 12.3. The van der Waals surface area contributed by atoms with Crippen LogP contribution in [0.5, 0.6) is 0 Å². The molecule has 132 valence electrons. The molecule has 3 rings (SSSR count). The van der Waals surface area contributed by atoms with Gasteiger partial charge in [-0.25, -0.2) is 4.79 Å². The summed E-state index contributed by atoms with van der Waals surface area (Å²) in [6, 6.07) is 18.0. The number of nitrogens with one attached hydrogen (secondary N) is 1. The number of hydrogen-bond donors (Lipinski definition) is 2. The van der Waals surface area contributed by atoms with Crippen LogP contribution in [0, 0.1) is 0 Å². The van der Waals surface area contributed by atoms with Crippen LogP contribution in [-0.2, 0) is 6.54 Å². The van der Waals surface area contributed by atoms with Crippen molar-refractivity contribution in [1.29, 1.82) is 0 Å². The third kappa shape index (κ3) is 4.31. The molecule has 5 heteroatoms. The fraction of sp³-hybridized carbons (Fsp3) is 0.350. The van der Waals surface area contributed by atoms with Crippen molar-refractivity contribution in [1.82, 2.24) is 4.90 Å². The van der Waals surface area contributed by atoms with Gasteiger partial charge in [-0.1, -0.05) is 30.3 Å². The second-order valence-corrected chi connectivity index (χ2v) is 6.49. The van der Waals surface area contributed by atoms with Crippen molar-refractivity contribution in [3.8, 4) is 0 Å². The van der Waals surface area contributed by atoms with Crippen LogP contribution in [0.4, 0.5) is 16.2 Å². The molecule has 1 fully saturated rings. The smallest absolute Gasteiger partial charge is 0.322 e. The Morgan fingerprint density at radius 1 is 1.20 bits per heavy atom. The molecular formula is C20H25N3O2. The van der Waals surface area contributed by atoms with E-state index >= 15 is 0 Å². The lowest BCUT2D eigenvalue weighted by Crippen LogP contribution is -2.40. The Bertz CT molecular complexity index is 688. The van der Waals surface area contributed by atoms with E-state index in [4.69, 9.17) is 0 Å². The number of hydrogen-bond acceptors (Lipinski definition) is 3. The molecule has 5 nitrogen and oxygen atoms in total.